The van der Waals surface area contributed by atoms with Gasteiger partial charge in [0.15, 0.2) is 11.6 Å². The van der Waals surface area contributed by atoms with Crippen LogP contribution in [0.2, 0.25) is 0 Å². The van der Waals surface area contributed by atoms with Crippen LogP contribution in [0.3, 0.4) is 0 Å². The molecule has 1 aliphatic heterocycles. The highest BCUT2D eigenvalue weighted by molar-refractivity contribution is 6.06. The summed E-state index contributed by atoms with van der Waals surface area (Å²) in [4.78, 5) is 49.4. The minimum absolute atomic E-state index is 0.0235. The summed E-state index contributed by atoms with van der Waals surface area (Å²) in [5, 5.41) is 22.6. The number of rotatable bonds is 5. The first kappa shape index (κ1) is 23.4. The molecule has 0 unspecified atom stereocenters. The lowest BCUT2D eigenvalue weighted by Crippen LogP contribution is -2.37. The molecule has 2 aromatic rings. The van der Waals surface area contributed by atoms with Crippen LogP contribution >= 0.6 is 0 Å². The fourth-order valence-corrected chi connectivity index (χ4v) is 5.42. The van der Waals surface area contributed by atoms with Gasteiger partial charge in [-0.25, -0.2) is 0 Å². The first-order chi connectivity index (χ1) is 17.3. The molecule has 0 atom stereocenters. The largest absolute Gasteiger partial charge is 0.450 e. The van der Waals surface area contributed by atoms with Gasteiger partial charge in [0.2, 0.25) is 5.75 Å². The van der Waals surface area contributed by atoms with Crippen molar-refractivity contribution in [2.24, 2.45) is 0 Å². The number of non-ortho nitro benzene ring substituents is 1. The number of Topliss-reactive ketones (excluding diaryl/α,β-unsaturated/α-hetero) is 2. The summed E-state index contributed by atoms with van der Waals surface area (Å²) >= 11 is 0. The van der Waals surface area contributed by atoms with Gasteiger partial charge in [0, 0.05) is 54.4 Å². The maximum Gasteiger partial charge on any atom is 0.318 e. The molecule has 3 aliphatic rings. The van der Waals surface area contributed by atoms with E-state index in [1.54, 1.807) is 18.2 Å². The summed E-state index contributed by atoms with van der Waals surface area (Å²) in [6.45, 7) is 0. The van der Waals surface area contributed by atoms with E-state index in [1.165, 1.54) is 6.07 Å². The van der Waals surface area contributed by atoms with Gasteiger partial charge >= 0.3 is 5.69 Å². The standard InChI is InChI=1S/C26H23N3O7/c1-27-18-7-3-9-21(30)25(18)24(26-19(27)8-4-10-22(26)31)15-5-2-6-17(13-15)36-23-12-11-16(28(32)33)14-20(23)29(34)35/h2,5-6,11-14,24H,3-4,7-10H2,1H3. The minimum atomic E-state index is -0.737. The minimum Gasteiger partial charge on any atom is -0.450 e. The van der Waals surface area contributed by atoms with Crippen molar-refractivity contribution in [2.75, 3.05) is 7.05 Å². The SMILES string of the molecule is CN1C2=C(C(=O)CCC2)C(c2cccc(Oc3ccc([N+](=O)[O-])cc3[N+](=O)[O-])c2)C2=C1CCCC2=O. The number of allylic oxidation sites excluding steroid dienone is 4. The third kappa shape index (κ3) is 3.94. The molecule has 10 heteroatoms. The molecule has 184 valence electrons. The number of ketones is 2. The molecule has 10 nitrogen and oxygen atoms in total. The van der Waals surface area contributed by atoms with E-state index in [-0.39, 0.29) is 23.1 Å². The van der Waals surface area contributed by atoms with Gasteiger partial charge in [-0.2, -0.15) is 0 Å². The molecule has 0 N–H and O–H groups in total. The van der Waals surface area contributed by atoms with E-state index >= 15 is 0 Å². The monoisotopic (exact) mass is 489 g/mol. The molecular formula is C26H23N3O7. The molecule has 0 spiro atoms. The molecule has 2 aliphatic carbocycles. The van der Waals surface area contributed by atoms with E-state index in [9.17, 15) is 29.8 Å². The van der Waals surface area contributed by atoms with Gasteiger partial charge in [-0.1, -0.05) is 12.1 Å². The summed E-state index contributed by atoms with van der Waals surface area (Å²) < 4.78 is 5.81. The number of nitro benzene ring substituents is 2. The summed E-state index contributed by atoms with van der Waals surface area (Å²) in [6.07, 6.45) is 3.88. The fourth-order valence-electron chi connectivity index (χ4n) is 5.42. The van der Waals surface area contributed by atoms with Gasteiger partial charge in [0.1, 0.15) is 5.75 Å². The van der Waals surface area contributed by atoms with Crippen molar-refractivity contribution in [1.29, 1.82) is 0 Å². The Labute approximate surface area is 206 Å². The second-order valence-electron chi connectivity index (χ2n) is 9.11. The fraction of sp³-hybridized carbons (Fsp3) is 0.308. The highest BCUT2D eigenvalue weighted by Gasteiger charge is 2.42. The number of ether oxygens (including phenoxy) is 1. The molecule has 2 aromatic carbocycles. The van der Waals surface area contributed by atoms with E-state index in [1.807, 2.05) is 18.0 Å². The highest BCUT2D eigenvalue weighted by atomic mass is 16.6. The Morgan fingerprint density at radius 3 is 2.08 bits per heavy atom. The Morgan fingerprint density at radius 2 is 1.50 bits per heavy atom. The van der Waals surface area contributed by atoms with Crippen LogP contribution in [0.1, 0.15) is 50.0 Å². The first-order valence-corrected chi connectivity index (χ1v) is 11.7. The molecule has 36 heavy (non-hydrogen) atoms. The van der Waals surface area contributed by atoms with E-state index < -0.39 is 27.1 Å². The van der Waals surface area contributed by atoms with Gasteiger partial charge in [-0.15, -0.1) is 0 Å². The molecule has 0 amide bonds. The Morgan fingerprint density at radius 1 is 0.861 bits per heavy atom. The summed E-state index contributed by atoms with van der Waals surface area (Å²) in [6, 6.07) is 10.0. The predicted octanol–water partition coefficient (Wildman–Crippen LogP) is 5.34. The number of benzene rings is 2. The van der Waals surface area contributed by atoms with E-state index in [0.29, 0.717) is 29.6 Å². The normalized spacial score (nSPS) is 18.2. The van der Waals surface area contributed by atoms with Crippen molar-refractivity contribution in [3.8, 4) is 11.5 Å². The first-order valence-electron chi connectivity index (χ1n) is 11.7. The predicted molar refractivity (Wildman–Crippen MR) is 129 cm³/mol. The average Bonchev–Trinajstić information content (AvgIpc) is 2.85. The van der Waals surface area contributed by atoms with Crippen LogP contribution < -0.4 is 4.74 Å². The number of carbonyl (C=O) groups is 2. The molecule has 5 rings (SSSR count). The van der Waals surface area contributed by atoms with Crippen molar-refractivity contribution in [3.05, 3.63) is 90.8 Å². The van der Waals surface area contributed by atoms with E-state index in [2.05, 4.69) is 0 Å². The highest BCUT2D eigenvalue weighted by Crippen LogP contribution is 2.49. The van der Waals surface area contributed by atoms with Gasteiger partial charge in [0.25, 0.3) is 5.69 Å². The smallest absolute Gasteiger partial charge is 0.318 e. The molecule has 0 radical (unpaired) electrons. The Hall–Kier alpha value is -4.34. The van der Waals surface area contributed by atoms with Crippen molar-refractivity contribution in [3.63, 3.8) is 0 Å². The summed E-state index contributed by atoms with van der Waals surface area (Å²) in [7, 11) is 1.92. The summed E-state index contributed by atoms with van der Waals surface area (Å²) in [5.74, 6) is -0.361. The second-order valence-corrected chi connectivity index (χ2v) is 9.11. The number of nitrogens with zero attached hydrogens (tertiary/aromatic N) is 3. The van der Waals surface area contributed by atoms with E-state index in [4.69, 9.17) is 4.74 Å². The number of hydrogen-bond acceptors (Lipinski definition) is 8. The maximum absolute atomic E-state index is 13.1. The molecule has 0 fully saturated rings. The van der Waals surface area contributed by atoms with Crippen LogP contribution in [-0.2, 0) is 9.59 Å². The quantitative estimate of drug-likeness (QED) is 0.406. The molecule has 0 saturated carbocycles. The van der Waals surface area contributed by atoms with Crippen LogP contribution in [0.15, 0.2) is 65.0 Å². The van der Waals surface area contributed by atoms with Crippen molar-refractivity contribution in [2.45, 2.75) is 44.4 Å². The van der Waals surface area contributed by atoms with Crippen molar-refractivity contribution in [1.82, 2.24) is 4.90 Å². The Kier molecular flexibility index (Phi) is 5.87. The number of carbonyl (C=O) groups excluding carboxylic acids is 2. The molecule has 0 aromatic heterocycles. The number of hydrogen-bond donors (Lipinski definition) is 0. The van der Waals surface area contributed by atoms with Gasteiger partial charge in [-0.3, -0.25) is 29.8 Å². The van der Waals surface area contributed by atoms with Crippen LogP contribution in [0.25, 0.3) is 0 Å². The number of nitro groups is 2. The maximum atomic E-state index is 13.1. The third-order valence-electron chi connectivity index (χ3n) is 7.01. The Balaban J connectivity index is 1.59. The van der Waals surface area contributed by atoms with Gasteiger partial charge < -0.3 is 9.64 Å². The zero-order valence-corrected chi connectivity index (χ0v) is 19.6. The van der Waals surface area contributed by atoms with Crippen LogP contribution in [0, 0.1) is 20.2 Å². The zero-order chi connectivity index (χ0) is 25.6. The van der Waals surface area contributed by atoms with Crippen molar-refractivity contribution >= 4 is 22.9 Å². The van der Waals surface area contributed by atoms with Gasteiger partial charge in [0.05, 0.1) is 15.9 Å². The van der Waals surface area contributed by atoms with Crippen LogP contribution in [0.4, 0.5) is 11.4 Å². The molecule has 0 bridgehead atoms. The lowest BCUT2D eigenvalue weighted by Gasteiger charge is -2.42. The topological polar surface area (TPSA) is 133 Å². The van der Waals surface area contributed by atoms with Crippen molar-refractivity contribution < 1.29 is 24.2 Å². The van der Waals surface area contributed by atoms with E-state index in [0.717, 1.165) is 49.2 Å². The zero-order valence-electron chi connectivity index (χ0n) is 19.6. The lowest BCUT2D eigenvalue weighted by molar-refractivity contribution is -0.394. The van der Waals surface area contributed by atoms with Crippen LogP contribution in [-0.4, -0.2) is 33.4 Å². The average molecular weight is 489 g/mol. The molecular weight excluding hydrogens is 466 g/mol. The third-order valence-corrected chi connectivity index (χ3v) is 7.01. The Bertz CT molecular complexity index is 1350. The van der Waals surface area contributed by atoms with Crippen LogP contribution in [0.5, 0.6) is 11.5 Å². The summed E-state index contributed by atoms with van der Waals surface area (Å²) in [5.41, 5.74) is 2.90. The molecule has 0 saturated heterocycles. The lowest BCUT2D eigenvalue weighted by atomic mass is 9.71. The second kappa shape index (κ2) is 9.03. The molecule has 1 heterocycles. The van der Waals surface area contributed by atoms with Gasteiger partial charge in [-0.05, 0) is 49.4 Å².